The highest BCUT2D eigenvalue weighted by Gasteiger charge is 2.27. The van der Waals surface area contributed by atoms with Gasteiger partial charge in [-0.05, 0) is 37.3 Å². The zero-order valence-corrected chi connectivity index (χ0v) is 12.5. The number of fused-ring (bicyclic) bond motifs is 3. The van der Waals surface area contributed by atoms with E-state index >= 15 is 0 Å². The summed E-state index contributed by atoms with van der Waals surface area (Å²) in [7, 11) is 0. The molecule has 3 heterocycles. The Hall–Kier alpha value is -2.30. The number of hydrogen-bond donors (Lipinski definition) is 1. The number of carbonyl (C=O) groups is 1. The molecule has 0 saturated carbocycles. The van der Waals surface area contributed by atoms with Gasteiger partial charge < -0.3 is 14.8 Å². The van der Waals surface area contributed by atoms with Crippen LogP contribution in [0.5, 0.6) is 0 Å². The summed E-state index contributed by atoms with van der Waals surface area (Å²) in [5.74, 6) is 0.928. The summed E-state index contributed by atoms with van der Waals surface area (Å²) in [5.41, 5.74) is 2.48. The number of nitrogens with one attached hydrogen (secondary N) is 1. The van der Waals surface area contributed by atoms with Crippen molar-refractivity contribution in [3.8, 4) is 5.69 Å². The second kappa shape index (κ2) is 5.48. The number of rotatable bonds is 1. The maximum atomic E-state index is 12.4. The summed E-state index contributed by atoms with van der Waals surface area (Å²) in [6, 6.07) is 8.40. The summed E-state index contributed by atoms with van der Waals surface area (Å²) in [4.78, 5) is 18.8. The van der Waals surface area contributed by atoms with E-state index in [1.54, 1.807) is 0 Å². The van der Waals surface area contributed by atoms with Crippen molar-refractivity contribution in [3.63, 3.8) is 0 Å². The van der Waals surface area contributed by atoms with Crippen molar-refractivity contribution in [2.45, 2.75) is 31.7 Å². The van der Waals surface area contributed by atoms with Crippen LogP contribution in [0.15, 0.2) is 36.7 Å². The predicted molar refractivity (Wildman–Crippen MR) is 84.0 cm³/mol. The van der Waals surface area contributed by atoms with Crippen molar-refractivity contribution < 1.29 is 4.79 Å². The molecule has 4 rings (SSSR count). The number of hydrogen-bond acceptors (Lipinski definition) is 2. The molecule has 22 heavy (non-hydrogen) atoms. The lowest BCUT2D eigenvalue weighted by atomic mass is 10.1. The quantitative estimate of drug-likeness (QED) is 0.879. The van der Waals surface area contributed by atoms with Gasteiger partial charge in [0.2, 0.25) is 0 Å². The SMILES string of the molecule is O=C(NC1CCc2ccccc2-n2ccnc21)N1CCCC1. The molecular formula is C17H20N4O. The van der Waals surface area contributed by atoms with Crippen molar-refractivity contribution in [1.29, 1.82) is 0 Å². The lowest BCUT2D eigenvalue weighted by Crippen LogP contribution is -2.40. The molecular weight excluding hydrogens is 276 g/mol. The number of urea groups is 1. The highest BCUT2D eigenvalue weighted by atomic mass is 16.2. The van der Waals surface area contributed by atoms with Crippen LogP contribution >= 0.6 is 0 Å². The zero-order valence-electron chi connectivity index (χ0n) is 12.5. The van der Waals surface area contributed by atoms with Gasteiger partial charge in [-0.2, -0.15) is 0 Å². The largest absolute Gasteiger partial charge is 0.328 e. The molecule has 1 fully saturated rings. The Kier molecular flexibility index (Phi) is 3.33. The van der Waals surface area contributed by atoms with Crippen LogP contribution in [0.4, 0.5) is 4.79 Å². The molecule has 2 amide bonds. The Morgan fingerprint density at radius 1 is 1.23 bits per heavy atom. The van der Waals surface area contributed by atoms with Gasteiger partial charge in [-0.25, -0.2) is 9.78 Å². The first-order valence-electron chi connectivity index (χ1n) is 8.00. The van der Waals surface area contributed by atoms with E-state index in [9.17, 15) is 4.79 Å². The van der Waals surface area contributed by atoms with Crippen LogP contribution in [0.1, 0.15) is 36.7 Å². The van der Waals surface area contributed by atoms with Crippen LogP contribution in [0, 0.1) is 0 Å². The van der Waals surface area contributed by atoms with E-state index in [0.717, 1.165) is 44.6 Å². The minimum Gasteiger partial charge on any atom is -0.328 e. The maximum absolute atomic E-state index is 12.4. The maximum Gasteiger partial charge on any atom is 0.317 e. The van der Waals surface area contributed by atoms with Gasteiger partial charge in [-0.1, -0.05) is 18.2 Å². The van der Waals surface area contributed by atoms with Crippen molar-refractivity contribution in [3.05, 3.63) is 48.0 Å². The van der Waals surface area contributed by atoms with Crippen molar-refractivity contribution in [2.24, 2.45) is 0 Å². The summed E-state index contributed by atoms with van der Waals surface area (Å²) >= 11 is 0. The average molecular weight is 296 g/mol. The van der Waals surface area contributed by atoms with Crippen LogP contribution in [0.3, 0.4) is 0 Å². The number of likely N-dealkylation sites (tertiary alicyclic amines) is 1. The number of carbonyl (C=O) groups excluding carboxylic acids is 1. The third-order valence-corrected chi connectivity index (χ3v) is 4.63. The molecule has 2 aliphatic rings. The molecule has 2 aliphatic heterocycles. The highest BCUT2D eigenvalue weighted by Crippen LogP contribution is 2.28. The normalized spacial score (nSPS) is 20.2. The Labute approximate surface area is 130 Å². The lowest BCUT2D eigenvalue weighted by Gasteiger charge is -2.22. The number of amides is 2. The van der Waals surface area contributed by atoms with Gasteiger partial charge in [0.25, 0.3) is 0 Å². The van der Waals surface area contributed by atoms with Gasteiger partial charge in [-0.15, -0.1) is 0 Å². The van der Waals surface area contributed by atoms with Crippen LogP contribution in [-0.4, -0.2) is 33.6 Å². The molecule has 1 aromatic carbocycles. The Bertz CT molecular complexity index is 687. The van der Waals surface area contributed by atoms with E-state index in [4.69, 9.17) is 0 Å². The van der Waals surface area contributed by atoms with E-state index in [0.29, 0.717) is 0 Å². The van der Waals surface area contributed by atoms with Gasteiger partial charge in [-0.3, -0.25) is 0 Å². The number of benzene rings is 1. The second-order valence-corrected chi connectivity index (χ2v) is 6.02. The monoisotopic (exact) mass is 296 g/mol. The molecule has 1 atom stereocenters. The third-order valence-electron chi connectivity index (χ3n) is 4.63. The van der Waals surface area contributed by atoms with Crippen LogP contribution in [0.2, 0.25) is 0 Å². The van der Waals surface area contributed by atoms with Gasteiger partial charge in [0, 0.05) is 31.2 Å². The Morgan fingerprint density at radius 2 is 2.05 bits per heavy atom. The number of nitrogens with zero attached hydrogens (tertiary/aromatic N) is 3. The van der Waals surface area contributed by atoms with Gasteiger partial charge in [0.05, 0.1) is 6.04 Å². The van der Waals surface area contributed by atoms with Crippen LogP contribution in [-0.2, 0) is 6.42 Å². The predicted octanol–water partition coefficient (Wildman–Crippen LogP) is 2.67. The molecule has 1 unspecified atom stereocenters. The lowest BCUT2D eigenvalue weighted by molar-refractivity contribution is 0.203. The molecule has 5 nitrogen and oxygen atoms in total. The number of para-hydroxylation sites is 1. The molecule has 114 valence electrons. The number of aromatic nitrogens is 2. The topological polar surface area (TPSA) is 50.2 Å². The van der Waals surface area contributed by atoms with Crippen LogP contribution < -0.4 is 5.32 Å². The summed E-state index contributed by atoms with van der Waals surface area (Å²) in [6.45, 7) is 1.74. The smallest absolute Gasteiger partial charge is 0.317 e. The number of aryl methyl sites for hydroxylation is 1. The van der Waals surface area contributed by atoms with E-state index in [1.165, 1.54) is 11.3 Å². The van der Waals surface area contributed by atoms with Crippen molar-refractivity contribution >= 4 is 6.03 Å². The van der Waals surface area contributed by atoms with Gasteiger partial charge in [0.15, 0.2) is 0 Å². The first-order chi connectivity index (χ1) is 10.8. The van der Waals surface area contributed by atoms with Gasteiger partial charge in [0.1, 0.15) is 5.82 Å². The molecule has 0 radical (unpaired) electrons. The molecule has 5 heteroatoms. The summed E-state index contributed by atoms with van der Waals surface area (Å²) in [5, 5.41) is 3.18. The number of imidazole rings is 1. The minimum atomic E-state index is -0.0319. The third kappa shape index (κ3) is 2.26. The van der Waals surface area contributed by atoms with Gasteiger partial charge >= 0.3 is 6.03 Å². The first-order valence-corrected chi connectivity index (χ1v) is 8.00. The van der Waals surface area contributed by atoms with E-state index in [2.05, 4.69) is 33.1 Å². The summed E-state index contributed by atoms with van der Waals surface area (Å²) < 4.78 is 2.11. The van der Waals surface area contributed by atoms with Crippen molar-refractivity contribution in [2.75, 3.05) is 13.1 Å². The highest BCUT2D eigenvalue weighted by molar-refractivity contribution is 5.75. The molecule has 2 aromatic rings. The fourth-order valence-corrected chi connectivity index (χ4v) is 3.46. The second-order valence-electron chi connectivity index (χ2n) is 6.02. The molecule has 1 aromatic heterocycles. The van der Waals surface area contributed by atoms with E-state index in [-0.39, 0.29) is 12.1 Å². The van der Waals surface area contributed by atoms with Crippen LogP contribution in [0.25, 0.3) is 5.69 Å². The molecule has 0 spiro atoms. The first kappa shape index (κ1) is 13.4. The Balaban J connectivity index is 1.62. The Morgan fingerprint density at radius 3 is 2.91 bits per heavy atom. The molecule has 1 saturated heterocycles. The van der Waals surface area contributed by atoms with Crippen molar-refractivity contribution in [1.82, 2.24) is 19.8 Å². The fraction of sp³-hybridized carbons (Fsp3) is 0.412. The molecule has 0 bridgehead atoms. The summed E-state index contributed by atoms with van der Waals surface area (Å²) in [6.07, 6.45) is 7.84. The zero-order chi connectivity index (χ0) is 14.9. The minimum absolute atomic E-state index is 0.0319. The fourth-order valence-electron chi connectivity index (χ4n) is 3.46. The molecule has 0 aliphatic carbocycles. The average Bonchev–Trinajstić information content (AvgIpc) is 3.21. The van der Waals surface area contributed by atoms with E-state index < -0.39 is 0 Å². The van der Waals surface area contributed by atoms with E-state index in [1.807, 2.05) is 23.4 Å². The standard InChI is InChI=1S/C17H20N4O/c22-17(20-10-3-4-11-20)19-14-8-7-13-5-1-2-6-15(13)21-12-9-18-16(14)21/h1-2,5-6,9,12,14H,3-4,7-8,10-11H2,(H,19,22). The molecule has 1 N–H and O–H groups in total.